The van der Waals surface area contributed by atoms with Crippen molar-refractivity contribution in [2.24, 2.45) is 0 Å². The molecule has 0 radical (unpaired) electrons. The molecular formula is C16H20N2O4. The number of likely N-dealkylation sites (N-methyl/N-ethyl adjacent to an activating group) is 1. The van der Waals surface area contributed by atoms with E-state index in [0.29, 0.717) is 0 Å². The fraction of sp³-hybridized carbons (Fsp3) is 0.312. The fourth-order valence-corrected chi connectivity index (χ4v) is 1.50. The summed E-state index contributed by atoms with van der Waals surface area (Å²) in [5.74, 6) is -1.37. The van der Waals surface area contributed by atoms with Crippen LogP contribution >= 0.6 is 0 Å². The molecule has 6 nitrogen and oxygen atoms in total. The predicted molar refractivity (Wildman–Crippen MR) is 82.9 cm³/mol. The molecule has 0 unspecified atom stereocenters. The number of aryl methyl sites for hydroxylation is 1. The lowest BCUT2D eigenvalue weighted by atomic mass is 10.1. The van der Waals surface area contributed by atoms with E-state index in [1.165, 1.54) is 11.0 Å². The molecule has 0 aliphatic heterocycles. The van der Waals surface area contributed by atoms with Gasteiger partial charge >= 0.3 is 5.97 Å². The van der Waals surface area contributed by atoms with Crippen molar-refractivity contribution in [3.05, 3.63) is 41.5 Å². The van der Waals surface area contributed by atoms with Gasteiger partial charge in [0, 0.05) is 20.2 Å². The fourth-order valence-electron chi connectivity index (χ4n) is 1.50. The Morgan fingerprint density at radius 3 is 2.55 bits per heavy atom. The van der Waals surface area contributed by atoms with Gasteiger partial charge in [0.15, 0.2) is 6.61 Å². The number of ether oxygens (including phenoxy) is 1. The van der Waals surface area contributed by atoms with Crippen LogP contribution in [0.2, 0.25) is 0 Å². The molecule has 1 N–H and O–H groups in total. The lowest BCUT2D eigenvalue weighted by Crippen LogP contribution is -2.38. The molecule has 0 aliphatic carbocycles. The van der Waals surface area contributed by atoms with Crippen molar-refractivity contribution in [1.82, 2.24) is 10.2 Å². The van der Waals surface area contributed by atoms with Crippen molar-refractivity contribution < 1.29 is 19.1 Å². The van der Waals surface area contributed by atoms with Crippen LogP contribution in [-0.2, 0) is 19.1 Å². The molecule has 2 amide bonds. The maximum absolute atomic E-state index is 11.5. The Kier molecular flexibility index (Phi) is 6.82. The molecule has 1 aromatic rings. The van der Waals surface area contributed by atoms with Crippen molar-refractivity contribution in [2.75, 3.05) is 27.2 Å². The number of amides is 2. The van der Waals surface area contributed by atoms with E-state index in [0.717, 1.165) is 11.1 Å². The molecule has 0 bridgehead atoms. The highest BCUT2D eigenvalue weighted by molar-refractivity contribution is 5.90. The number of benzene rings is 1. The maximum atomic E-state index is 11.5. The number of hydrogen-bond donors (Lipinski definition) is 1. The van der Waals surface area contributed by atoms with Crippen LogP contribution in [-0.4, -0.2) is 49.9 Å². The number of nitrogens with zero attached hydrogens (tertiary/aromatic N) is 1. The molecule has 0 aromatic heterocycles. The second-order valence-corrected chi connectivity index (χ2v) is 4.86. The first-order valence-corrected chi connectivity index (χ1v) is 6.77. The Bertz CT molecular complexity index is 579. The van der Waals surface area contributed by atoms with Gasteiger partial charge in [-0.3, -0.25) is 9.59 Å². The van der Waals surface area contributed by atoms with E-state index >= 15 is 0 Å². The Hall–Kier alpha value is -2.63. The van der Waals surface area contributed by atoms with E-state index in [1.807, 2.05) is 31.2 Å². The molecular weight excluding hydrogens is 284 g/mol. The average molecular weight is 304 g/mol. The van der Waals surface area contributed by atoms with Crippen LogP contribution in [0.5, 0.6) is 0 Å². The van der Waals surface area contributed by atoms with Crippen LogP contribution in [0.1, 0.15) is 11.1 Å². The van der Waals surface area contributed by atoms with Gasteiger partial charge in [0.05, 0.1) is 6.54 Å². The number of hydrogen-bond acceptors (Lipinski definition) is 4. The van der Waals surface area contributed by atoms with Crippen LogP contribution in [0.4, 0.5) is 0 Å². The standard InChI is InChI=1S/C16H20N2O4/c1-12-6-4-5-7-13(12)8-9-16(21)22-11-14(19)17-10-15(20)18(2)3/h4-9H,10-11H2,1-3H3,(H,17,19)/b9-8+. The first kappa shape index (κ1) is 17.4. The van der Waals surface area contributed by atoms with E-state index in [1.54, 1.807) is 20.2 Å². The van der Waals surface area contributed by atoms with E-state index in [9.17, 15) is 14.4 Å². The summed E-state index contributed by atoms with van der Waals surface area (Å²) >= 11 is 0. The van der Waals surface area contributed by atoms with Gasteiger partial charge in [-0.25, -0.2) is 4.79 Å². The summed E-state index contributed by atoms with van der Waals surface area (Å²) in [5.41, 5.74) is 1.94. The van der Waals surface area contributed by atoms with Gasteiger partial charge in [-0.05, 0) is 24.1 Å². The number of carbonyl (C=O) groups is 3. The topological polar surface area (TPSA) is 75.7 Å². The summed E-state index contributed by atoms with van der Waals surface area (Å²) in [6, 6.07) is 7.58. The van der Waals surface area contributed by atoms with Gasteiger partial charge in [-0.1, -0.05) is 24.3 Å². The highest BCUT2D eigenvalue weighted by atomic mass is 16.5. The summed E-state index contributed by atoms with van der Waals surface area (Å²) in [6.07, 6.45) is 2.89. The molecule has 0 saturated heterocycles. The summed E-state index contributed by atoms with van der Waals surface area (Å²) in [7, 11) is 3.18. The van der Waals surface area contributed by atoms with Crippen molar-refractivity contribution >= 4 is 23.9 Å². The van der Waals surface area contributed by atoms with E-state index in [-0.39, 0.29) is 12.5 Å². The lowest BCUT2D eigenvalue weighted by Gasteiger charge is -2.10. The Balaban J connectivity index is 2.35. The molecule has 0 heterocycles. The first-order valence-electron chi connectivity index (χ1n) is 6.77. The number of rotatable bonds is 6. The van der Waals surface area contributed by atoms with Gasteiger partial charge in [0.25, 0.3) is 5.91 Å². The second kappa shape index (κ2) is 8.61. The Morgan fingerprint density at radius 1 is 1.23 bits per heavy atom. The Morgan fingerprint density at radius 2 is 1.91 bits per heavy atom. The SMILES string of the molecule is Cc1ccccc1/C=C/C(=O)OCC(=O)NCC(=O)N(C)C. The summed E-state index contributed by atoms with van der Waals surface area (Å²) in [6.45, 7) is 1.39. The van der Waals surface area contributed by atoms with Crippen molar-refractivity contribution in [3.63, 3.8) is 0 Å². The highest BCUT2D eigenvalue weighted by Gasteiger charge is 2.08. The monoisotopic (exact) mass is 304 g/mol. The number of esters is 1. The first-order chi connectivity index (χ1) is 10.4. The minimum absolute atomic E-state index is 0.123. The van der Waals surface area contributed by atoms with Crippen LogP contribution < -0.4 is 5.32 Å². The highest BCUT2D eigenvalue weighted by Crippen LogP contribution is 2.08. The van der Waals surface area contributed by atoms with E-state index in [4.69, 9.17) is 4.74 Å². The van der Waals surface area contributed by atoms with Crippen LogP contribution in [0.25, 0.3) is 6.08 Å². The molecule has 118 valence electrons. The van der Waals surface area contributed by atoms with Crippen molar-refractivity contribution in [3.8, 4) is 0 Å². The van der Waals surface area contributed by atoms with Gasteiger partial charge < -0.3 is 15.0 Å². The van der Waals surface area contributed by atoms with Gasteiger partial charge in [-0.15, -0.1) is 0 Å². The zero-order valence-electron chi connectivity index (χ0n) is 13.0. The third kappa shape index (κ3) is 6.21. The normalized spacial score (nSPS) is 10.3. The molecule has 0 spiro atoms. The molecule has 6 heteroatoms. The van der Waals surface area contributed by atoms with Gasteiger partial charge in [-0.2, -0.15) is 0 Å². The molecule has 1 aromatic carbocycles. The molecule has 0 aliphatic rings. The molecule has 0 fully saturated rings. The van der Waals surface area contributed by atoms with Crippen LogP contribution in [0.3, 0.4) is 0 Å². The van der Waals surface area contributed by atoms with Crippen LogP contribution in [0, 0.1) is 6.92 Å². The summed E-state index contributed by atoms with van der Waals surface area (Å²) in [4.78, 5) is 35.6. The van der Waals surface area contributed by atoms with E-state index in [2.05, 4.69) is 5.32 Å². The lowest BCUT2D eigenvalue weighted by molar-refractivity contribution is -0.144. The number of carbonyl (C=O) groups excluding carboxylic acids is 3. The van der Waals surface area contributed by atoms with Crippen molar-refractivity contribution in [1.29, 1.82) is 0 Å². The minimum Gasteiger partial charge on any atom is -0.452 e. The zero-order chi connectivity index (χ0) is 16.5. The summed E-state index contributed by atoms with van der Waals surface area (Å²) < 4.78 is 4.80. The zero-order valence-corrected chi connectivity index (χ0v) is 13.0. The average Bonchev–Trinajstić information content (AvgIpc) is 2.49. The largest absolute Gasteiger partial charge is 0.452 e. The Labute approximate surface area is 129 Å². The third-order valence-corrected chi connectivity index (χ3v) is 2.87. The second-order valence-electron chi connectivity index (χ2n) is 4.86. The molecule has 1 rings (SSSR count). The van der Waals surface area contributed by atoms with Crippen molar-refractivity contribution in [2.45, 2.75) is 6.92 Å². The molecule has 0 atom stereocenters. The van der Waals surface area contributed by atoms with Gasteiger partial charge in [0.1, 0.15) is 0 Å². The third-order valence-electron chi connectivity index (χ3n) is 2.87. The van der Waals surface area contributed by atoms with E-state index < -0.39 is 18.5 Å². The summed E-state index contributed by atoms with van der Waals surface area (Å²) in [5, 5.41) is 2.37. The molecule has 22 heavy (non-hydrogen) atoms. The smallest absolute Gasteiger partial charge is 0.331 e. The van der Waals surface area contributed by atoms with Crippen LogP contribution in [0.15, 0.2) is 30.3 Å². The van der Waals surface area contributed by atoms with Gasteiger partial charge in [0.2, 0.25) is 5.91 Å². The minimum atomic E-state index is -0.614. The predicted octanol–water partition coefficient (Wildman–Crippen LogP) is 0.756. The quantitative estimate of drug-likeness (QED) is 0.622. The maximum Gasteiger partial charge on any atom is 0.331 e. The number of nitrogens with one attached hydrogen (secondary N) is 1. The molecule has 0 saturated carbocycles.